The van der Waals surface area contributed by atoms with Crippen LogP contribution >= 0.6 is 23.4 Å². The van der Waals surface area contributed by atoms with Crippen molar-refractivity contribution >= 4 is 35.0 Å². The van der Waals surface area contributed by atoms with Crippen molar-refractivity contribution in [1.29, 1.82) is 5.26 Å². The number of nitriles is 1. The van der Waals surface area contributed by atoms with E-state index in [-0.39, 0.29) is 23.2 Å². The van der Waals surface area contributed by atoms with Crippen molar-refractivity contribution in [2.24, 2.45) is 5.73 Å². The van der Waals surface area contributed by atoms with Gasteiger partial charge < -0.3 is 15.4 Å². The second-order valence-electron chi connectivity index (χ2n) is 9.22. The lowest BCUT2D eigenvalue weighted by molar-refractivity contribution is -0.121. The van der Waals surface area contributed by atoms with Crippen molar-refractivity contribution in [3.05, 3.63) is 117 Å². The summed E-state index contributed by atoms with van der Waals surface area (Å²) in [6, 6.07) is 25.3. The van der Waals surface area contributed by atoms with Gasteiger partial charge in [0.25, 0.3) is 0 Å². The number of nitrogens with one attached hydrogen (secondary N) is 1. The number of hydrogen-bond donors (Lipinski definition) is 2. The summed E-state index contributed by atoms with van der Waals surface area (Å²) in [6.07, 6.45) is 0. The number of aromatic amines is 1. The minimum Gasteiger partial charge on any atom is -0.420 e. The summed E-state index contributed by atoms with van der Waals surface area (Å²) in [4.78, 5) is 17.4. The number of H-pyrrole nitrogens is 1. The number of benzene rings is 3. The normalized spacial score (nSPS) is 17.8. The number of nitrogens with zero attached hydrogens (tertiary/aromatic N) is 3. The molecule has 38 heavy (non-hydrogen) atoms. The second-order valence-corrected chi connectivity index (χ2v) is 10.7. The average molecular weight is 540 g/mol. The van der Waals surface area contributed by atoms with E-state index in [2.05, 4.69) is 40.5 Å². The maximum atomic E-state index is 14.6. The summed E-state index contributed by atoms with van der Waals surface area (Å²) in [7, 11) is 0. The first-order valence-corrected chi connectivity index (χ1v) is 13.3. The summed E-state index contributed by atoms with van der Waals surface area (Å²) in [5.74, 6) is 0.292. The highest BCUT2D eigenvalue weighted by molar-refractivity contribution is 7.98. The molecule has 4 aromatic rings. The van der Waals surface area contributed by atoms with Crippen molar-refractivity contribution in [1.82, 2.24) is 10.2 Å². The molecule has 7 nitrogen and oxygen atoms in total. The van der Waals surface area contributed by atoms with Gasteiger partial charge in [-0.15, -0.1) is 16.9 Å². The van der Waals surface area contributed by atoms with Gasteiger partial charge in [0, 0.05) is 26.9 Å². The molecule has 1 amide bonds. The van der Waals surface area contributed by atoms with Gasteiger partial charge in [-0.1, -0.05) is 59.6 Å². The summed E-state index contributed by atoms with van der Waals surface area (Å²) >= 11 is 7.69. The zero-order valence-electron chi connectivity index (χ0n) is 20.4. The van der Waals surface area contributed by atoms with Gasteiger partial charge in [-0.2, -0.15) is 5.26 Å². The largest absolute Gasteiger partial charge is 0.420 e. The monoisotopic (exact) mass is 539 g/mol. The summed E-state index contributed by atoms with van der Waals surface area (Å²) in [5.41, 5.74) is 9.53. The molecule has 3 N–H and O–H groups in total. The molecular weight excluding hydrogens is 518 g/mol. The maximum absolute atomic E-state index is 14.6. The van der Waals surface area contributed by atoms with E-state index in [0.717, 1.165) is 10.5 Å². The highest BCUT2D eigenvalue weighted by Gasteiger charge is 2.60. The predicted octanol–water partition coefficient (Wildman–Crippen LogP) is 5.58. The molecule has 6 rings (SSSR count). The fraction of sp³-hybridized carbons (Fsp3) is 0.138. The second kappa shape index (κ2) is 9.28. The third-order valence-electron chi connectivity index (χ3n) is 6.95. The number of aryl methyl sites for hydroxylation is 1. The van der Waals surface area contributed by atoms with Gasteiger partial charge in [-0.25, -0.2) is 0 Å². The van der Waals surface area contributed by atoms with Crippen LogP contribution in [-0.2, 0) is 22.5 Å². The van der Waals surface area contributed by atoms with Gasteiger partial charge in [-0.3, -0.25) is 9.89 Å². The highest BCUT2D eigenvalue weighted by atomic mass is 35.5. The molecule has 0 fully saturated rings. The van der Waals surface area contributed by atoms with Gasteiger partial charge in [-0.05, 0) is 42.8 Å². The molecule has 2 aliphatic rings. The zero-order chi connectivity index (χ0) is 26.4. The summed E-state index contributed by atoms with van der Waals surface area (Å²) in [6.45, 7) is 2.34. The number of thioether (sulfide) groups is 1. The van der Waals surface area contributed by atoms with Gasteiger partial charge in [0.1, 0.15) is 17.1 Å². The summed E-state index contributed by atoms with van der Waals surface area (Å²) in [5, 5.41) is 18.4. The van der Waals surface area contributed by atoms with Crippen LogP contribution < -0.4 is 15.4 Å². The Labute approximate surface area is 228 Å². The zero-order valence-corrected chi connectivity index (χ0v) is 21.9. The third kappa shape index (κ3) is 3.66. The Bertz CT molecular complexity index is 1640. The number of aromatic nitrogens is 2. The van der Waals surface area contributed by atoms with E-state index in [0.29, 0.717) is 39.8 Å². The molecule has 9 heteroatoms. The molecule has 0 bridgehead atoms. The Kier molecular flexibility index (Phi) is 5.90. The van der Waals surface area contributed by atoms with E-state index in [1.165, 1.54) is 5.56 Å². The number of anilines is 1. The first kappa shape index (κ1) is 24.2. The lowest BCUT2D eigenvalue weighted by atomic mass is 9.69. The van der Waals surface area contributed by atoms with Crippen molar-refractivity contribution in [2.45, 2.75) is 29.5 Å². The number of nitrogens with two attached hydrogens (primary N) is 1. The Hall–Kier alpha value is -4.19. The van der Waals surface area contributed by atoms with Crippen LogP contribution in [-0.4, -0.2) is 16.1 Å². The minimum atomic E-state index is -1.48. The number of carbonyl (C=O) groups is 1. The van der Waals surface area contributed by atoms with Crippen molar-refractivity contribution in [2.75, 3.05) is 4.90 Å². The first-order chi connectivity index (χ1) is 18.4. The lowest BCUT2D eigenvalue weighted by Crippen LogP contribution is -2.46. The lowest BCUT2D eigenvalue weighted by Gasteiger charge is -2.32. The molecule has 0 unspecified atom stereocenters. The Balaban J connectivity index is 1.50. The van der Waals surface area contributed by atoms with Gasteiger partial charge >= 0.3 is 0 Å². The van der Waals surface area contributed by atoms with E-state index in [1.807, 2.05) is 43.3 Å². The highest BCUT2D eigenvalue weighted by Crippen LogP contribution is 2.56. The van der Waals surface area contributed by atoms with Gasteiger partial charge in [0.2, 0.25) is 17.7 Å². The predicted molar refractivity (Wildman–Crippen MR) is 147 cm³/mol. The van der Waals surface area contributed by atoms with Gasteiger partial charge in [0.15, 0.2) is 0 Å². The van der Waals surface area contributed by atoms with E-state index in [4.69, 9.17) is 22.1 Å². The van der Waals surface area contributed by atoms with Crippen LogP contribution in [0.2, 0.25) is 5.02 Å². The van der Waals surface area contributed by atoms with E-state index in [9.17, 15) is 10.1 Å². The number of fused-ring (bicyclic) bond motifs is 4. The molecule has 2 aliphatic heterocycles. The van der Waals surface area contributed by atoms with E-state index >= 15 is 0 Å². The molecule has 3 heterocycles. The van der Waals surface area contributed by atoms with Crippen molar-refractivity contribution in [3.63, 3.8) is 0 Å². The molecule has 0 saturated heterocycles. The number of hydrogen-bond acceptors (Lipinski definition) is 6. The van der Waals surface area contributed by atoms with E-state index < -0.39 is 5.41 Å². The smallest absolute Gasteiger partial charge is 0.248 e. The minimum absolute atomic E-state index is 0.0593. The fourth-order valence-electron chi connectivity index (χ4n) is 5.18. The topological polar surface area (TPSA) is 108 Å². The molecule has 0 radical (unpaired) electrons. The van der Waals surface area contributed by atoms with Crippen LogP contribution in [0.5, 0.6) is 5.88 Å². The molecule has 3 aromatic carbocycles. The van der Waals surface area contributed by atoms with Crippen LogP contribution in [0, 0.1) is 18.3 Å². The number of amides is 1. The first-order valence-electron chi connectivity index (χ1n) is 11.9. The molecule has 0 aliphatic carbocycles. The Morgan fingerprint density at radius 3 is 2.61 bits per heavy atom. The molecule has 1 aromatic heterocycles. The molecule has 188 valence electrons. The Morgan fingerprint density at radius 2 is 1.87 bits per heavy atom. The number of rotatable bonds is 5. The van der Waals surface area contributed by atoms with Crippen molar-refractivity contribution in [3.8, 4) is 11.9 Å². The van der Waals surface area contributed by atoms with Crippen LogP contribution in [0.4, 0.5) is 5.69 Å². The molecule has 1 atom stereocenters. The van der Waals surface area contributed by atoms with Crippen molar-refractivity contribution < 1.29 is 9.53 Å². The Morgan fingerprint density at radius 1 is 1.13 bits per heavy atom. The fourth-order valence-corrected chi connectivity index (χ4v) is 6.16. The van der Waals surface area contributed by atoms with Crippen LogP contribution in [0.3, 0.4) is 0 Å². The standard InChI is InChI=1S/C29H22ClN5O2S/c1-17-6-12-20(13-7-17)38-16-23-25-27(34-33-23)37-26(32)22(14-31)29(25)21-4-2-3-5-24(21)35(28(29)36)15-18-8-10-19(30)11-9-18/h2-13H,15-16,32H2,1H3,(H,33,34)/t29-/m0/s1. The van der Waals surface area contributed by atoms with Crippen LogP contribution in [0.1, 0.15) is 27.9 Å². The third-order valence-corrected chi connectivity index (χ3v) is 8.24. The number of para-hydroxylation sites is 1. The number of carbonyl (C=O) groups excluding carboxylic acids is 1. The summed E-state index contributed by atoms with van der Waals surface area (Å²) < 4.78 is 5.80. The van der Waals surface area contributed by atoms with Crippen LogP contribution in [0.15, 0.2) is 89.1 Å². The van der Waals surface area contributed by atoms with Crippen LogP contribution in [0.25, 0.3) is 0 Å². The SMILES string of the molecule is Cc1ccc(SCc2[nH]nc3c2[C@@]2(C(=O)N(Cc4ccc(Cl)cc4)c4ccccc42)C(C#N)=C(N)O3)cc1. The maximum Gasteiger partial charge on any atom is 0.248 e. The average Bonchev–Trinajstić information content (AvgIpc) is 3.43. The molecule has 1 spiro atoms. The van der Waals surface area contributed by atoms with Gasteiger partial charge in [0.05, 0.1) is 17.8 Å². The number of halogens is 1. The van der Waals surface area contributed by atoms with E-state index in [1.54, 1.807) is 28.8 Å². The molecule has 0 saturated carbocycles. The molecular formula is C29H22ClN5O2S. The quantitative estimate of drug-likeness (QED) is 0.320. The number of ether oxygens (including phenoxy) is 1.